The molecule has 0 bridgehead atoms. The van der Waals surface area contributed by atoms with Crippen molar-refractivity contribution < 1.29 is 13.2 Å². The van der Waals surface area contributed by atoms with Gasteiger partial charge in [0.25, 0.3) is 0 Å². The summed E-state index contributed by atoms with van der Waals surface area (Å²) in [6.45, 7) is 2.38. The third kappa shape index (κ3) is 3.16. The third-order valence-corrected chi connectivity index (χ3v) is 3.05. The van der Waals surface area contributed by atoms with Crippen LogP contribution in [-0.4, -0.2) is 23.7 Å². The Morgan fingerprint density at radius 3 is 2.53 bits per heavy atom. The molecule has 1 saturated carbocycles. The van der Waals surface area contributed by atoms with Crippen LogP contribution in [0.15, 0.2) is 6.07 Å². The van der Waals surface area contributed by atoms with E-state index in [1.807, 2.05) is 6.07 Å². The fraction of sp³-hybridized carbons (Fsp3) is 0.538. The fourth-order valence-corrected chi connectivity index (χ4v) is 2.12. The van der Waals surface area contributed by atoms with E-state index in [4.69, 9.17) is 5.26 Å². The predicted molar refractivity (Wildman–Crippen MR) is 64.8 cm³/mol. The van der Waals surface area contributed by atoms with Crippen molar-refractivity contribution in [2.75, 3.05) is 11.4 Å². The number of hydrogen-bond acceptors (Lipinski definition) is 3. The summed E-state index contributed by atoms with van der Waals surface area (Å²) in [5, 5.41) is 9.14. The molecule has 0 atom stereocenters. The molecule has 19 heavy (non-hydrogen) atoms. The number of aryl methyl sites for hydroxylation is 2. The van der Waals surface area contributed by atoms with Gasteiger partial charge in [0.05, 0.1) is 5.56 Å². The van der Waals surface area contributed by atoms with Gasteiger partial charge in [0, 0.05) is 11.7 Å². The van der Waals surface area contributed by atoms with E-state index in [1.165, 1.54) is 4.90 Å². The van der Waals surface area contributed by atoms with Crippen LogP contribution in [0.2, 0.25) is 0 Å². The summed E-state index contributed by atoms with van der Waals surface area (Å²) in [4.78, 5) is 5.37. The summed E-state index contributed by atoms with van der Waals surface area (Å²) in [5.74, 6) is 0.167. The van der Waals surface area contributed by atoms with E-state index in [0.29, 0.717) is 11.3 Å². The highest BCUT2D eigenvalue weighted by atomic mass is 19.4. The molecule has 6 heteroatoms. The van der Waals surface area contributed by atoms with E-state index < -0.39 is 12.7 Å². The zero-order chi connectivity index (χ0) is 14.2. The van der Waals surface area contributed by atoms with Crippen LogP contribution in [0, 0.1) is 25.2 Å². The molecule has 1 heterocycles. The Morgan fingerprint density at radius 2 is 2.05 bits per heavy atom. The molecule has 1 fully saturated rings. The summed E-state index contributed by atoms with van der Waals surface area (Å²) >= 11 is 0. The lowest BCUT2D eigenvalue weighted by Crippen LogP contribution is -2.37. The standard InChI is InChI=1S/C13H14F3N3/c1-8-5-9(2)18-12(11(8)6-17)19(10-3-4-10)7-13(14,15)16/h5,10H,3-4,7H2,1-2H3. The van der Waals surface area contributed by atoms with Crippen molar-refractivity contribution in [1.29, 1.82) is 5.26 Å². The molecule has 0 amide bonds. The molecule has 0 radical (unpaired) electrons. The van der Waals surface area contributed by atoms with Crippen molar-refractivity contribution in [2.24, 2.45) is 0 Å². The highest BCUT2D eigenvalue weighted by Gasteiger charge is 2.39. The van der Waals surface area contributed by atoms with Crippen LogP contribution < -0.4 is 4.90 Å². The second kappa shape index (κ2) is 4.72. The number of nitriles is 1. The Morgan fingerprint density at radius 1 is 1.42 bits per heavy atom. The van der Waals surface area contributed by atoms with E-state index in [2.05, 4.69) is 4.98 Å². The van der Waals surface area contributed by atoms with Gasteiger partial charge in [-0.3, -0.25) is 0 Å². The summed E-state index contributed by atoms with van der Waals surface area (Å²) in [6.07, 6.45) is -2.86. The maximum Gasteiger partial charge on any atom is 0.405 e. The molecule has 1 aromatic heterocycles. The highest BCUT2D eigenvalue weighted by molar-refractivity contribution is 5.59. The topological polar surface area (TPSA) is 39.9 Å². The number of anilines is 1. The Kier molecular flexibility index (Phi) is 3.40. The SMILES string of the molecule is Cc1cc(C)c(C#N)c(N(CC(F)(F)F)C2CC2)n1. The average Bonchev–Trinajstić information content (AvgIpc) is 3.07. The molecule has 3 nitrogen and oxygen atoms in total. The smallest absolute Gasteiger partial charge is 0.343 e. The number of halogens is 3. The monoisotopic (exact) mass is 269 g/mol. The summed E-state index contributed by atoms with van der Waals surface area (Å²) in [6, 6.07) is 3.53. The molecular weight excluding hydrogens is 255 g/mol. The summed E-state index contributed by atoms with van der Waals surface area (Å²) in [5.41, 5.74) is 1.53. The van der Waals surface area contributed by atoms with Gasteiger partial charge in [-0.25, -0.2) is 4.98 Å². The lowest BCUT2D eigenvalue weighted by Gasteiger charge is -2.26. The van der Waals surface area contributed by atoms with Crippen LogP contribution >= 0.6 is 0 Å². The number of aromatic nitrogens is 1. The number of alkyl halides is 3. The van der Waals surface area contributed by atoms with E-state index in [0.717, 1.165) is 12.8 Å². The number of pyridine rings is 1. The Labute approximate surface area is 109 Å². The van der Waals surface area contributed by atoms with Crippen molar-refractivity contribution in [3.05, 3.63) is 22.9 Å². The quantitative estimate of drug-likeness (QED) is 0.846. The van der Waals surface area contributed by atoms with Gasteiger partial charge in [0.2, 0.25) is 0 Å². The van der Waals surface area contributed by atoms with Crippen LogP contribution in [-0.2, 0) is 0 Å². The van der Waals surface area contributed by atoms with Gasteiger partial charge in [-0.2, -0.15) is 18.4 Å². The Balaban J connectivity index is 2.45. The molecule has 0 N–H and O–H groups in total. The number of hydrogen-bond donors (Lipinski definition) is 0. The second-order valence-corrected chi connectivity index (χ2v) is 4.87. The first-order valence-electron chi connectivity index (χ1n) is 6.03. The average molecular weight is 269 g/mol. The molecule has 1 aliphatic carbocycles. The minimum absolute atomic E-state index is 0.151. The molecule has 0 saturated heterocycles. The van der Waals surface area contributed by atoms with E-state index in [9.17, 15) is 13.2 Å². The Bertz CT molecular complexity index is 527. The van der Waals surface area contributed by atoms with E-state index >= 15 is 0 Å². The first-order chi connectivity index (χ1) is 8.81. The zero-order valence-corrected chi connectivity index (χ0v) is 10.8. The molecular formula is C13H14F3N3. The maximum atomic E-state index is 12.7. The van der Waals surface area contributed by atoms with Gasteiger partial charge < -0.3 is 4.90 Å². The lowest BCUT2D eigenvalue weighted by molar-refractivity contribution is -0.120. The molecule has 1 aliphatic rings. The zero-order valence-electron chi connectivity index (χ0n) is 10.8. The van der Waals surface area contributed by atoms with Crippen LogP contribution in [0.4, 0.5) is 19.0 Å². The molecule has 0 aromatic carbocycles. The minimum Gasteiger partial charge on any atom is -0.343 e. The lowest BCUT2D eigenvalue weighted by atomic mass is 10.1. The van der Waals surface area contributed by atoms with Gasteiger partial charge in [-0.05, 0) is 38.3 Å². The van der Waals surface area contributed by atoms with Crippen molar-refractivity contribution in [3.8, 4) is 6.07 Å². The second-order valence-electron chi connectivity index (χ2n) is 4.87. The van der Waals surface area contributed by atoms with Crippen LogP contribution in [0.25, 0.3) is 0 Å². The first-order valence-corrected chi connectivity index (χ1v) is 6.03. The normalized spacial score (nSPS) is 15.2. The summed E-state index contributed by atoms with van der Waals surface area (Å²) in [7, 11) is 0. The molecule has 0 spiro atoms. The van der Waals surface area contributed by atoms with Gasteiger partial charge in [0.15, 0.2) is 0 Å². The Hall–Kier alpha value is -1.77. The van der Waals surface area contributed by atoms with E-state index in [-0.39, 0.29) is 17.4 Å². The van der Waals surface area contributed by atoms with Gasteiger partial charge in [-0.15, -0.1) is 0 Å². The molecule has 102 valence electrons. The largest absolute Gasteiger partial charge is 0.405 e. The molecule has 0 unspecified atom stereocenters. The van der Waals surface area contributed by atoms with Crippen molar-refractivity contribution in [1.82, 2.24) is 4.98 Å². The third-order valence-electron chi connectivity index (χ3n) is 3.05. The van der Waals surface area contributed by atoms with Gasteiger partial charge in [-0.1, -0.05) is 0 Å². The van der Waals surface area contributed by atoms with Crippen LogP contribution in [0.3, 0.4) is 0 Å². The number of rotatable bonds is 3. The van der Waals surface area contributed by atoms with Crippen molar-refractivity contribution in [3.63, 3.8) is 0 Å². The first kappa shape index (κ1) is 13.7. The van der Waals surface area contributed by atoms with Crippen LogP contribution in [0.5, 0.6) is 0 Å². The van der Waals surface area contributed by atoms with Gasteiger partial charge in [0.1, 0.15) is 18.4 Å². The predicted octanol–water partition coefficient (Wildman–Crippen LogP) is 3.10. The van der Waals surface area contributed by atoms with Gasteiger partial charge >= 0.3 is 6.18 Å². The number of nitrogens with zero attached hydrogens (tertiary/aromatic N) is 3. The van der Waals surface area contributed by atoms with Crippen molar-refractivity contribution >= 4 is 5.82 Å². The molecule has 0 aliphatic heterocycles. The fourth-order valence-electron chi connectivity index (χ4n) is 2.12. The minimum atomic E-state index is -4.30. The summed E-state index contributed by atoms with van der Waals surface area (Å²) < 4.78 is 38.0. The maximum absolute atomic E-state index is 12.7. The molecule has 1 aromatic rings. The highest BCUT2D eigenvalue weighted by Crippen LogP contribution is 2.35. The molecule has 2 rings (SSSR count). The van der Waals surface area contributed by atoms with Crippen LogP contribution in [0.1, 0.15) is 29.7 Å². The van der Waals surface area contributed by atoms with Crippen molar-refractivity contribution in [2.45, 2.75) is 38.9 Å². The van der Waals surface area contributed by atoms with E-state index in [1.54, 1.807) is 19.9 Å².